The fraction of sp³-hybridized carbons (Fsp3) is 1.00. The van der Waals surface area contributed by atoms with Crippen LogP contribution in [0.4, 0.5) is 0 Å². The molecule has 0 aliphatic carbocycles. The molecule has 0 aromatic carbocycles. The molecule has 1 heterocycles. The average molecular weight is 130 g/mol. The fourth-order valence-corrected chi connectivity index (χ4v) is 1.37. The monoisotopic (exact) mass is 130 g/mol. The molecule has 2 heteroatoms. The van der Waals surface area contributed by atoms with E-state index in [0.29, 0.717) is 0 Å². The van der Waals surface area contributed by atoms with Crippen molar-refractivity contribution in [3.63, 3.8) is 0 Å². The van der Waals surface area contributed by atoms with Crippen LogP contribution in [0.2, 0.25) is 0 Å². The van der Waals surface area contributed by atoms with Crippen molar-refractivity contribution < 1.29 is 9.84 Å². The summed E-state index contributed by atoms with van der Waals surface area (Å²) in [6.07, 6.45) is 1.94. The lowest BCUT2D eigenvalue weighted by molar-refractivity contribution is -0.0791. The number of rotatable bonds is 0. The lowest BCUT2D eigenvalue weighted by Crippen LogP contribution is -2.32. The van der Waals surface area contributed by atoms with Gasteiger partial charge in [-0.1, -0.05) is 0 Å². The van der Waals surface area contributed by atoms with Gasteiger partial charge in [0.15, 0.2) is 0 Å². The Morgan fingerprint density at radius 3 is 2.00 bits per heavy atom. The van der Waals surface area contributed by atoms with Crippen molar-refractivity contribution in [1.29, 1.82) is 0 Å². The number of ether oxygens (including phenoxy) is 1. The summed E-state index contributed by atoms with van der Waals surface area (Å²) in [5, 5.41) is 9.17. The summed E-state index contributed by atoms with van der Waals surface area (Å²) in [5.41, 5.74) is 0. The van der Waals surface area contributed by atoms with E-state index in [-0.39, 0.29) is 18.3 Å². The Labute approximate surface area is 55.8 Å². The second kappa shape index (κ2) is 2.67. The van der Waals surface area contributed by atoms with Crippen LogP contribution in [0.5, 0.6) is 0 Å². The minimum Gasteiger partial charge on any atom is -0.393 e. The van der Waals surface area contributed by atoms with E-state index in [4.69, 9.17) is 4.74 Å². The molecule has 1 saturated heterocycles. The number of hydrogen-bond acceptors (Lipinski definition) is 2. The quantitative estimate of drug-likeness (QED) is 0.528. The molecule has 1 aliphatic rings. The van der Waals surface area contributed by atoms with E-state index in [1.807, 2.05) is 13.8 Å². The molecule has 1 fully saturated rings. The van der Waals surface area contributed by atoms with Crippen LogP contribution in [0, 0.1) is 0 Å². The van der Waals surface area contributed by atoms with E-state index in [1.54, 1.807) is 0 Å². The Hall–Kier alpha value is -0.0800. The maximum atomic E-state index is 9.17. The standard InChI is InChI=1S/C7H14O2/c1-5-3-7(8)4-6(2)9-5/h5-8H,3-4H2,1-2H3/t5-,6+,7+. The summed E-state index contributed by atoms with van der Waals surface area (Å²) in [7, 11) is 0. The summed E-state index contributed by atoms with van der Waals surface area (Å²) in [4.78, 5) is 0. The molecule has 9 heavy (non-hydrogen) atoms. The first kappa shape index (κ1) is 7.03. The van der Waals surface area contributed by atoms with Crippen LogP contribution in [0.15, 0.2) is 0 Å². The van der Waals surface area contributed by atoms with Gasteiger partial charge in [0, 0.05) is 0 Å². The number of aliphatic hydroxyl groups is 1. The topological polar surface area (TPSA) is 29.5 Å². The summed E-state index contributed by atoms with van der Waals surface area (Å²) >= 11 is 0. The first-order valence-corrected chi connectivity index (χ1v) is 3.52. The highest BCUT2D eigenvalue weighted by molar-refractivity contribution is 4.71. The molecule has 0 bridgehead atoms. The predicted molar refractivity (Wildman–Crippen MR) is 35.2 cm³/mol. The van der Waals surface area contributed by atoms with Gasteiger partial charge in [-0.2, -0.15) is 0 Å². The summed E-state index contributed by atoms with van der Waals surface area (Å²) in [6.45, 7) is 4.00. The molecule has 0 aromatic heterocycles. The van der Waals surface area contributed by atoms with Gasteiger partial charge in [0.1, 0.15) is 0 Å². The summed E-state index contributed by atoms with van der Waals surface area (Å²) in [5.74, 6) is 0. The minimum absolute atomic E-state index is 0.135. The molecule has 3 atom stereocenters. The lowest BCUT2D eigenvalue weighted by atomic mass is 10.0. The van der Waals surface area contributed by atoms with Crippen LogP contribution >= 0.6 is 0 Å². The van der Waals surface area contributed by atoms with E-state index in [9.17, 15) is 5.11 Å². The van der Waals surface area contributed by atoms with Gasteiger partial charge < -0.3 is 9.84 Å². The zero-order valence-corrected chi connectivity index (χ0v) is 6.00. The molecule has 0 radical (unpaired) electrons. The van der Waals surface area contributed by atoms with Crippen molar-refractivity contribution >= 4 is 0 Å². The van der Waals surface area contributed by atoms with Gasteiger partial charge >= 0.3 is 0 Å². The molecule has 0 saturated carbocycles. The highest BCUT2D eigenvalue weighted by atomic mass is 16.5. The molecule has 54 valence electrons. The van der Waals surface area contributed by atoms with Crippen molar-refractivity contribution in [1.82, 2.24) is 0 Å². The van der Waals surface area contributed by atoms with E-state index in [2.05, 4.69) is 0 Å². The largest absolute Gasteiger partial charge is 0.393 e. The maximum absolute atomic E-state index is 9.17. The highest BCUT2D eigenvalue weighted by Crippen LogP contribution is 2.18. The van der Waals surface area contributed by atoms with Crippen LogP contribution in [-0.4, -0.2) is 23.4 Å². The SMILES string of the molecule is C[C@@H]1C[C@H](O)C[C@H](C)O1. The zero-order chi connectivity index (χ0) is 6.85. The zero-order valence-electron chi connectivity index (χ0n) is 6.00. The minimum atomic E-state index is -0.135. The van der Waals surface area contributed by atoms with E-state index < -0.39 is 0 Å². The van der Waals surface area contributed by atoms with Crippen LogP contribution in [-0.2, 0) is 4.74 Å². The Bertz CT molecular complexity index is 67.9. The van der Waals surface area contributed by atoms with Crippen molar-refractivity contribution in [2.24, 2.45) is 0 Å². The molecular formula is C7H14O2. The smallest absolute Gasteiger partial charge is 0.0589 e. The molecule has 0 unspecified atom stereocenters. The van der Waals surface area contributed by atoms with Crippen LogP contribution < -0.4 is 0 Å². The molecule has 1 N–H and O–H groups in total. The van der Waals surface area contributed by atoms with Crippen molar-refractivity contribution in [2.45, 2.75) is 45.0 Å². The van der Waals surface area contributed by atoms with Gasteiger partial charge in [0.05, 0.1) is 18.3 Å². The molecule has 0 spiro atoms. The predicted octanol–water partition coefficient (Wildman–Crippen LogP) is 0.935. The van der Waals surface area contributed by atoms with Gasteiger partial charge in [-0.3, -0.25) is 0 Å². The second-order valence-electron chi connectivity index (χ2n) is 2.88. The van der Waals surface area contributed by atoms with Crippen molar-refractivity contribution in [3.05, 3.63) is 0 Å². The molecule has 1 rings (SSSR count). The molecular weight excluding hydrogens is 116 g/mol. The second-order valence-corrected chi connectivity index (χ2v) is 2.88. The fourth-order valence-electron chi connectivity index (χ4n) is 1.37. The van der Waals surface area contributed by atoms with Gasteiger partial charge in [0.25, 0.3) is 0 Å². The van der Waals surface area contributed by atoms with E-state index >= 15 is 0 Å². The first-order valence-electron chi connectivity index (χ1n) is 3.52. The first-order chi connectivity index (χ1) is 4.18. The third-order valence-electron chi connectivity index (χ3n) is 1.67. The van der Waals surface area contributed by atoms with E-state index in [1.165, 1.54) is 0 Å². The van der Waals surface area contributed by atoms with Crippen molar-refractivity contribution in [2.75, 3.05) is 0 Å². The Balaban J connectivity index is 2.34. The Morgan fingerprint density at radius 2 is 1.67 bits per heavy atom. The van der Waals surface area contributed by atoms with Crippen LogP contribution in [0.25, 0.3) is 0 Å². The number of aliphatic hydroxyl groups excluding tert-OH is 1. The van der Waals surface area contributed by atoms with Gasteiger partial charge in [-0.25, -0.2) is 0 Å². The van der Waals surface area contributed by atoms with Gasteiger partial charge in [0.2, 0.25) is 0 Å². The Kier molecular flexibility index (Phi) is 2.09. The Morgan fingerprint density at radius 1 is 1.22 bits per heavy atom. The molecule has 1 aliphatic heterocycles. The van der Waals surface area contributed by atoms with Crippen molar-refractivity contribution in [3.8, 4) is 0 Å². The third kappa shape index (κ3) is 1.95. The summed E-state index contributed by atoms with van der Waals surface area (Å²) < 4.78 is 5.40. The average Bonchev–Trinajstić information content (AvgIpc) is 1.59. The lowest BCUT2D eigenvalue weighted by Gasteiger charge is -2.28. The highest BCUT2D eigenvalue weighted by Gasteiger charge is 2.21. The normalized spacial score (nSPS) is 45.0. The maximum Gasteiger partial charge on any atom is 0.0589 e. The van der Waals surface area contributed by atoms with Gasteiger partial charge in [-0.05, 0) is 26.7 Å². The molecule has 0 aromatic rings. The van der Waals surface area contributed by atoms with Crippen LogP contribution in [0.3, 0.4) is 0 Å². The van der Waals surface area contributed by atoms with Crippen LogP contribution in [0.1, 0.15) is 26.7 Å². The van der Waals surface area contributed by atoms with E-state index in [0.717, 1.165) is 12.8 Å². The summed E-state index contributed by atoms with van der Waals surface area (Å²) in [6, 6.07) is 0. The van der Waals surface area contributed by atoms with Gasteiger partial charge in [-0.15, -0.1) is 0 Å². The molecule has 2 nitrogen and oxygen atoms in total. The molecule has 0 amide bonds. The third-order valence-corrected chi connectivity index (χ3v) is 1.67. The number of hydrogen-bond donors (Lipinski definition) is 1.